The van der Waals surface area contributed by atoms with E-state index in [0.29, 0.717) is 19.4 Å². The average molecular weight is 455 g/mol. The number of hydrogen-bond donors (Lipinski definition) is 0. The van der Waals surface area contributed by atoms with Crippen molar-refractivity contribution in [3.05, 3.63) is 64.9 Å². The molecule has 2 saturated heterocycles. The smallest absolute Gasteiger partial charge is 0.226 e. The topological polar surface area (TPSA) is 57.7 Å². The minimum Gasteiger partial charge on any atom is -0.367 e. The van der Waals surface area contributed by atoms with Crippen LogP contribution in [0.15, 0.2) is 60.0 Å². The number of fused-ring (bicyclic) bond motifs is 1. The summed E-state index contributed by atoms with van der Waals surface area (Å²) in [6.07, 6.45) is 0.895. The van der Waals surface area contributed by atoms with Crippen LogP contribution in [0.4, 0.5) is 5.69 Å². The Morgan fingerprint density at radius 2 is 1.71 bits per heavy atom. The van der Waals surface area contributed by atoms with Gasteiger partial charge in [0.2, 0.25) is 5.91 Å². The highest BCUT2D eigenvalue weighted by atomic mass is 32.2. The highest BCUT2D eigenvalue weighted by Crippen LogP contribution is 2.34. The lowest BCUT2D eigenvalue weighted by molar-refractivity contribution is -0.138. The number of anilines is 1. The van der Waals surface area contributed by atoms with Crippen molar-refractivity contribution in [2.24, 2.45) is 5.92 Å². The first-order valence-corrected chi connectivity index (χ1v) is 13.5. The Hall–Kier alpha value is -2.38. The van der Waals surface area contributed by atoms with Crippen LogP contribution in [0.1, 0.15) is 23.8 Å². The normalized spacial score (nSPS) is 22.0. The molecule has 31 heavy (non-hydrogen) atoms. The third kappa shape index (κ3) is 4.21. The largest absolute Gasteiger partial charge is 0.367 e. The Labute approximate surface area is 187 Å². The maximum atomic E-state index is 13.4. The number of sulfone groups is 1. The van der Waals surface area contributed by atoms with Crippen molar-refractivity contribution in [2.75, 3.05) is 36.0 Å². The molecule has 5 nitrogen and oxygen atoms in total. The molecular formula is C24H26N2O3S2. The average Bonchev–Trinajstić information content (AvgIpc) is 3.33. The number of amides is 1. The van der Waals surface area contributed by atoms with Gasteiger partial charge in [0, 0.05) is 36.1 Å². The van der Waals surface area contributed by atoms with Crippen LogP contribution in [0.2, 0.25) is 0 Å². The Balaban J connectivity index is 1.39. The fourth-order valence-electron chi connectivity index (χ4n) is 4.75. The van der Waals surface area contributed by atoms with Gasteiger partial charge in [-0.2, -0.15) is 0 Å². The number of hydrogen-bond acceptors (Lipinski definition) is 5. The maximum absolute atomic E-state index is 13.4. The quantitative estimate of drug-likeness (QED) is 0.598. The van der Waals surface area contributed by atoms with E-state index in [1.165, 1.54) is 21.3 Å². The highest BCUT2D eigenvalue weighted by molar-refractivity contribution is 7.91. The van der Waals surface area contributed by atoms with E-state index in [1.807, 2.05) is 11.0 Å². The molecule has 2 aromatic carbocycles. The van der Waals surface area contributed by atoms with Crippen LogP contribution in [0.5, 0.6) is 0 Å². The predicted octanol–water partition coefficient (Wildman–Crippen LogP) is 4.12. The molecule has 2 aliphatic heterocycles. The van der Waals surface area contributed by atoms with Gasteiger partial charge in [0.05, 0.1) is 17.5 Å². The second-order valence-electron chi connectivity index (χ2n) is 8.47. The summed E-state index contributed by atoms with van der Waals surface area (Å²) in [5, 5.41) is 4.50. The summed E-state index contributed by atoms with van der Waals surface area (Å²) in [6, 6.07) is 19.0. The Bertz CT molecular complexity index is 1180. The second-order valence-corrected chi connectivity index (χ2v) is 11.7. The zero-order valence-electron chi connectivity index (χ0n) is 17.3. The van der Waals surface area contributed by atoms with Crippen LogP contribution >= 0.6 is 11.3 Å². The zero-order valence-corrected chi connectivity index (χ0v) is 18.9. The molecule has 2 aliphatic rings. The third-order valence-electron chi connectivity index (χ3n) is 6.54. The number of piperazine rings is 1. The van der Waals surface area contributed by atoms with E-state index in [1.54, 1.807) is 11.3 Å². The molecule has 7 heteroatoms. The molecule has 1 aromatic heterocycles. The van der Waals surface area contributed by atoms with E-state index < -0.39 is 9.84 Å². The molecule has 162 valence electrons. The Kier molecular flexibility index (Phi) is 5.48. The summed E-state index contributed by atoms with van der Waals surface area (Å²) in [7, 11) is -2.98. The van der Waals surface area contributed by atoms with Crippen molar-refractivity contribution in [3.8, 4) is 0 Å². The van der Waals surface area contributed by atoms with Crippen LogP contribution < -0.4 is 4.90 Å². The van der Waals surface area contributed by atoms with Gasteiger partial charge in [0.1, 0.15) is 9.84 Å². The molecule has 0 N–H and O–H groups in total. The summed E-state index contributed by atoms with van der Waals surface area (Å²) in [4.78, 5) is 19.0. The number of nitrogens with zero attached hydrogens (tertiary/aromatic N) is 2. The van der Waals surface area contributed by atoms with E-state index in [9.17, 15) is 13.2 Å². The molecule has 1 unspecified atom stereocenters. The highest BCUT2D eigenvalue weighted by Gasteiger charge is 2.37. The van der Waals surface area contributed by atoms with Crippen LogP contribution in [-0.2, 0) is 14.6 Å². The van der Waals surface area contributed by atoms with Crippen LogP contribution in [-0.4, -0.2) is 50.4 Å². The fourth-order valence-corrected chi connectivity index (χ4v) is 7.07. The SMILES string of the molecule is O=C(C1CCS(=O)(=O)CC1)N1CCN(c2ccc3ccccc3c2)CC1c1cccs1. The maximum Gasteiger partial charge on any atom is 0.226 e. The van der Waals surface area contributed by atoms with Crippen molar-refractivity contribution in [3.63, 3.8) is 0 Å². The van der Waals surface area contributed by atoms with Crippen molar-refractivity contribution < 1.29 is 13.2 Å². The van der Waals surface area contributed by atoms with E-state index in [-0.39, 0.29) is 29.4 Å². The number of benzene rings is 2. The number of thiophene rings is 1. The molecule has 1 amide bonds. The molecule has 0 aliphatic carbocycles. The predicted molar refractivity (Wildman–Crippen MR) is 126 cm³/mol. The first-order chi connectivity index (χ1) is 15.0. The van der Waals surface area contributed by atoms with Gasteiger partial charge in [0.25, 0.3) is 0 Å². The lowest BCUT2D eigenvalue weighted by atomic mass is 9.98. The first kappa shape index (κ1) is 20.5. The number of carbonyl (C=O) groups is 1. The van der Waals surface area contributed by atoms with Gasteiger partial charge in [-0.1, -0.05) is 36.4 Å². The van der Waals surface area contributed by atoms with E-state index in [0.717, 1.165) is 13.1 Å². The van der Waals surface area contributed by atoms with E-state index >= 15 is 0 Å². The summed E-state index contributed by atoms with van der Waals surface area (Å²) in [5.41, 5.74) is 1.18. The molecule has 3 aromatic rings. The van der Waals surface area contributed by atoms with Gasteiger partial charge in [-0.25, -0.2) is 8.42 Å². The molecule has 0 radical (unpaired) electrons. The molecule has 1 atom stereocenters. The molecule has 0 spiro atoms. The van der Waals surface area contributed by atoms with Crippen molar-refractivity contribution in [1.82, 2.24) is 4.90 Å². The van der Waals surface area contributed by atoms with Crippen molar-refractivity contribution in [1.29, 1.82) is 0 Å². The number of carbonyl (C=O) groups excluding carboxylic acids is 1. The minimum atomic E-state index is -2.98. The van der Waals surface area contributed by atoms with Gasteiger partial charge in [0.15, 0.2) is 0 Å². The molecule has 0 saturated carbocycles. The van der Waals surface area contributed by atoms with Crippen LogP contribution in [0.3, 0.4) is 0 Å². The molecule has 3 heterocycles. The van der Waals surface area contributed by atoms with Gasteiger partial charge in [-0.15, -0.1) is 11.3 Å². The molecule has 5 rings (SSSR count). The molecule has 2 fully saturated rings. The lowest BCUT2D eigenvalue weighted by Crippen LogP contribution is -2.52. The summed E-state index contributed by atoms with van der Waals surface area (Å²) < 4.78 is 23.6. The van der Waals surface area contributed by atoms with E-state index in [4.69, 9.17) is 0 Å². The van der Waals surface area contributed by atoms with Crippen molar-refractivity contribution in [2.45, 2.75) is 18.9 Å². The fraction of sp³-hybridized carbons (Fsp3) is 0.375. The Morgan fingerprint density at radius 1 is 0.935 bits per heavy atom. The Morgan fingerprint density at radius 3 is 2.45 bits per heavy atom. The third-order valence-corrected chi connectivity index (χ3v) is 9.23. The van der Waals surface area contributed by atoms with Gasteiger partial charge >= 0.3 is 0 Å². The molecule has 0 bridgehead atoms. The first-order valence-electron chi connectivity index (χ1n) is 10.8. The van der Waals surface area contributed by atoms with Crippen LogP contribution in [0, 0.1) is 5.92 Å². The second kappa shape index (κ2) is 8.28. The monoisotopic (exact) mass is 454 g/mol. The summed E-state index contributed by atoms with van der Waals surface area (Å²) >= 11 is 1.68. The zero-order chi connectivity index (χ0) is 21.4. The van der Waals surface area contributed by atoms with Gasteiger partial charge in [-0.3, -0.25) is 4.79 Å². The van der Waals surface area contributed by atoms with Crippen LogP contribution in [0.25, 0.3) is 10.8 Å². The molecular weight excluding hydrogens is 428 g/mol. The van der Waals surface area contributed by atoms with E-state index in [2.05, 4.69) is 58.8 Å². The minimum absolute atomic E-state index is 0.00810. The van der Waals surface area contributed by atoms with Crippen molar-refractivity contribution >= 4 is 43.5 Å². The standard InChI is InChI=1S/C24H26N2O3S2/c27-24(19-9-14-31(28,29)15-10-19)26-12-11-25(17-22(26)23-6-3-13-30-23)21-8-7-18-4-1-2-5-20(18)16-21/h1-8,13,16,19,22H,9-12,14-15,17H2. The van der Waals surface area contributed by atoms with Gasteiger partial charge < -0.3 is 9.80 Å². The van der Waals surface area contributed by atoms with Gasteiger partial charge in [-0.05, 0) is 47.2 Å². The lowest BCUT2D eigenvalue weighted by Gasteiger charge is -2.43. The summed E-state index contributed by atoms with van der Waals surface area (Å²) in [6.45, 7) is 2.17. The number of rotatable bonds is 3. The summed E-state index contributed by atoms with van der Waals surface area (Å²) in [5.74, 6) is 0.193.